The van der Waals surface area contributed by atoms with Gasteiger partial charge in [0.15, 0.2) is 11.5 Å². The smallest absolute Gasteiger partial charge is 0.269 e. The van der Waals surface area contributed by atoms with Gasteiger partial charge in [0.1, 0.15) is 11.6 Å². The summed E-state index contributed by atoms with van der Waals surface area (Å²) < 4.78 is 24.1. The Morgan fingerprint density at radius 1 is 1.16 bits per heavy atom. The number of aliphatic hydroxyl groups excluding tert-OH is 1. The van der Waals surface area contributed by atoms with E-state index >= 15 is 0 Å². The number of carbonyl (C=O) groups excluding carboxylic acids is 2. The van der Waals surface area contributed by atoms with E-state index in [9.17, 15) is 19.1 Å². The van der Waals surface area contributed by atoms with Crippen LogP contribution >= 0.6 is 0 Å². The monoisotopic (exact) mass is 341 g/mol. The van der Waals surface area contributed by atoms with Crippen LogP contribution in [0.1, 0.15) is 18.1 Å². The summed E-state index contributed by atoms with van der Waals surface area (Å²) in [6, 6.07) is 8.35. The van der Waals surface area contributed by atoms with Crippen molar-refractivity contribution >= 4 is 28.8 Å². The highest BCUT2D eigenvalue weighted by Crippen LogP contribution is 2.42. The number of nitrogens with zero attached hydrogens (tertiary/aromatic N) is 1. The molecule has 4 rings (SSSR count). The lowest BCUT2D eigenvalue weighted by atomic mass is 10.0. The van der Waals surface area contributed by atoms with Crippen LogP contribution in [0.3, 0.4) is 0 Å². The van der Waals surface area contributed by atoms with Gasteiger partial charge in [-0.05, 0) is 36.4 Å². The van der Waals surface area contributed by atoms with E-state index in [1.54, 1.807) is 12.1 Å². The summed E-state index contributed by atoms with van der Waals surface area (Å²) in [5.41, 5.74) is 0.661. The number of aliphatic hydroxyl groups is 1. The summed E-state index contributed by atoms with van der Waals surface area (Å²) in [5, 5.41) is 10.7. The van der Waals surface area contributed by atoms with Crippen LogP contribution in [0.2, 0.25) is 0 Å². The fourth-order valence-corrected chi connectivity index (χ4v) is 2.97. The molecule has 2 amide bonds. The number of anilines is 1. The van der Waals surface area contributed by atoms with Crippen molar-refractivity contribution < 1.29 is 28.6 Å². The SMILES string of the molecule is CC(=O)N1C(=O)C(=C(O)c2ccc3c(c2)OCO3)c2ccc(F)cc21. The number of ether oxygens (including phenoxy) is 2. The molecule has 0 bridgehead atoms. The molecule has 0 fully saturated rings. The fraction of sp³-hybridized carbons (Fsp3) is 0.111. The molecule has 0 aromatic heterocycles. The van der Waals surface area contributed by atoms with E-state index in [4.69, 9.17) is 9.47 Å². The first-order valence-electron chi connectivity index (χ1n) is 7.45. The molecule has 0 saturated heterocycles. The van der Waals surface area contributed by atoms with Crippen LogP contribution < -0.4 is 14.4 Å². The molecule has 0 unspecified atom stereocenters. The number of hydrogen-bond donors (Lipinski definition) is 1. The molecule has 0 atom stereocenters. The number of halogens is 1. The maximum Gasteiger partial charge on any atom is 0.269 e. The minimum atomic E-state index is -0.705. The van der Waals surface area contributed by atoms with Gasteiger partial charge in [-0.3, -0.25) is 9.59 Å². The third kappa shape index (κ3) is 2.24. The van der Waals surface area contributed by atoms with Gasteiger partial charge >= 0.3 is 0 Å². The third-order valence-corrected chi connectivity index (χ3v) is 4.08. The molecule has 2 aliphatic heterocycles. The Morgan fingerprint density at radius 2 is 1.92 bits per heavy atom. The second kappa shape index (κ2) is 5.34. The second-order valence-electron chi connectivity index (χ2n) is 5.61. The molecule has 126 valence electrons. The standard InChI is InChI=1S/C18H12FNO5/c1-9(21)20-13-7-11(19)3-4-12(13)16(18(20)23)17(22)10-2-5-14-15(6-10)25-8-24-14/h2-7,22H,8H2,1H3. The van der Waals surface area contributed by atoms with Gasteiger partial charge in [-0.2, -0.15) is 0 Å². The molecule has 25 heavy (non-hydrogen) atoms. The van der Waals surface area contributed by atoms with E-state index in [-0.39, 0.29) is 29.4 Å². The number of amides is 2. The van der Waals surface area contributed by atoms with Crippen molar-refractivity contribution in [2.75, 3.05) is 11.7 Å². The minimum Gasteiger partial charge on any atom is -0.506 e. The Balaban J connectivity index is 1.91. The van der Waals surface area contributed by atoms with E-state index in [1.165, 1.54) is 25.1 Å². The number of imide groups is 1. The van der Waals surface area contributed by atoms with Gasteiger partial charge in [-0.1, -0.05) is 0 Å². The summed E-state index contributed by atoms with van der Waals surface area (Å²) in [6.45, 7) is 1.28. The zero-order valence-corrected chi connectivity index (χ0v) is 13.1. The van der Waals surface area contributed by atoms with E-state index in [0.717, 1.165) is 11.0 Å². The quantitative estimate of drug-likeness (QED) is 0.638. The molecular formula is C18H12FNO5. The second-order valence-corrected chi connectivity index (χ2v) is 5.61. The van der Waals surface area contributed by atoms with Crippen LogP contribution in [-0.4, -0.2) is 23.7 Å². The van der Waals surface area contributed by atoms with Crippen molar-refractivity contribution in [3.63, 3.8) is 0 Å². The first kappa shape index (κ1) is 15.2. The lowest BCUT2D eigenvalue weighted by Gasteiger charge is -2.12. The topological polar surface area (TPSA) is 76.1 Å². The normalized spacial score (nSPS) is 16.9. The van der Waals surface area contributed by atoms with E-state index in [1.807, 2.05) is 0 Å². The lowest BCUT2D eigenvalue weighted by molar-refractivity contribution is -0.122. The Kier molecular flexibility index (Phi) is 3.24. The van der Waals surface area contributed by atoms with Crippen molar-refractivity contribution in [2.24, 2.45) is 0 Å². The molecule has 2 aromatic rings. The van der Waals surface area contributed by atoms with Crippen molar-refractivity contribution in [3.8, 4) is 11.5 Å². The molecule has 2 aromatic carbocycles. The van der Waals surface area contributed by atoms with Crippen LogP contribution in [0, 0.1) is 5.82 Å². The molecular weight excluding hydrogens is 329 g/mol. The van der Waals surface area contributed by atoms with Gasteiger partial charge in [0.2, 0.25) is 12.7 Å². The minimum absolute atomic E-state index is 0.0657. The van der Waals surface area contributed by atoms with Gasteiger partial charge < -0.3 is 14.6 Å². The van der Waals surface area contributed by atoms with Gasteiger partial charge in [-0.25, -0.2) is 9.29 Å². The van der Waals surface area contributed by atoms with Gasteiger partial charge in [0.05, 0.1) is 11.3 Å². The van der Waals surface area contributed by atoms with Gasteiger partial charge in [-0.15, -0.1) is 0 Å². The fourth-order valence-electron chi connectivity index (χ4n) is 2.97. The van der Waals surface area contributed by atoms with Crippen molar-refractivity contribution in [1.29, 1.82) is 0 Å². The highest BCUT2D eigenvalue weighted by atomic mass is 19.1. The number of hydrogen-bond acceptors (Lipinski definition) is 5. The predicted molar refractivity (Wildman–Crippen MR) is 86.6 cm³/mol. The Hall–Kier alpha value is -3.35. The van der Waals surface area contributed by atoms with E-state index in [2.05, 4.69) is 0 Å². The van der Waals surface area contributed by atoms with Crippen LogP contribution in [-0.2, 0) is 9.59 Å². The van der Waals surface area contributed by atoms with E-state index < -0.39 is 17.6 Å². The molecule has 6 nitrogen and oxygen atoms in total. The number of benzene rings is 2. The number of rotatable bonds is 1. The molecule has 2 aliphatic rings. The van der Waals surface area contributed by atoms with Crippen LogP contribution in [0.15, 0.2) is 36.4 Å². The number of carbonyl (C=O) groups is 2. The summed E-state index contributed by atoms with van der Waals surface area (Å²) >= 11 is 0. The maximum absolute atomic E-state index is 13.6. The Bertz CT molecular complexity index is 966. The van der Waals surface area contributed by atoms with Crippen molar-refractivity contribution in [2.45, 2.75) is 6.92 Å². The Labute approximate surface area is 141 Å². The lowest BCUT2D eigenvalue weighted by Crippen LogP contribution is -2.31. The first-order chi connectivity index (χ1) is 12.0. The highest BCUT2D eigenvalue weighted by molar-refractivity contribution is 6.42. The molecule has 0 radical (unpaired) electrons. The zero-order valence-electron chi connectivity index (χ0n) is 13.1. The number of fused-ring (bicyclic) bond motifs is 2. The summed E-state index contributed by atoms with van der Waals surface area (Å²) in [7, 11) is 0. The molecule has 7 heteroatoms. The molecule has 1 N–H and O–H groups in total. The van der Waals surface area contributed by atoms with Crippen molar-refractivity contribution in [3.05, 3.63) is 53.3 Å². The molecule has 2 heterocycles. The van der Waals surface area contributed by atoms with Crippen molar-refractivity contribution in [1.82, 2.24) is 0 Å². The highest BCUT2D eigenvalue weighted by Gasteiger charge is 2.38. The molecule has 0 spiro atoms. The third-order valence-electron chi connectivity index (χ3n) is 4.08. The van der Waals surface area contributed by atoms with E-state index in [0.29, 0.717) is 17.1 Å². The average molecular weight is 341 g/mol. The zero-order chi connectivity index (χ0) is 17.7. The molecule has 0 saturated carbocycles. The summed E-state index contributed by atoms with van der Waals surface area (Å²) in [4.78, 5) is 25.3. The van der Waals surface area contributed by atoms with Crippen LogP contribution in [0.5, 0.6) is 11.5 Å². The van der Waals surface area contributed by atoms with Gasteiger partial charge in [0, 0.05) is 18.1 Å². The summed E-state index contributed by atoms with van der Waals surface area (Å²) in [6.07, 6.45) is 0. The average Bonchev–Trinajstić information content (AvgIpc) is 3.14. The van der Waals surface area contributed by atoms with Crippen LogP contribution in [0.4, 0.5) is 10.1 Å². The summed E-state index contributed by atoms with van der Waals surface area (Å²) in [5.74, 6) is -1.19. The Morgan fingerprint density at radius 3 is 2.68 bits per heavy atom. The predicted octanol–water partition coefficient (Wildman–Crippen LogP) is 2.87. The molecule has 0 aliphatic carbocycles. The maximum atomic E-state index is 13.6. The first-order valence-corrected chi connectivity index (χ1v) is 7.45. The van der Waals surface area contributed by atoms with Gasteiger partial charge in [0.25, 0.3) is 5.91 Å². The largest absolute Gasteiger partial charge is 0.506 e. The van der Waals surface area contributed by atoms with Crippen LogP contribution in [0.25, 0.3) is 11.3 Å².